The Labute approximate surface area is 204 Å². The summed E-state index contributed by atoms with van der Waals surface area (Å²) in [6.07, 6.45) is 0.0363. The molecule has 0 radical (unpaired) electrons. The fraction of sp³-hybridized carbons (Fsp3) is 0.792. The molecule has 1 saturated carbocycles. The van der Waals surface area contributed by atoms with Crippen LogP contribution in [-0.2, 0) is 20.4 Å². The minimum Gasteiger partial charge on any atom is -0.379 e. The number of carbonyl (C=O) groups excluding carboxylic acids is 1. The first kappa shape index (κ1) is 26.1. The van der Waals surface area contributed by atoms with Gasteiger partial charge in [0.15, 0.2) is 0 Å². The Bertz CT molecular complexity index is 878. The molecular formula is C24H36F3N5O3. The van der Waals surface area contributed by atoms with E-state index in [0.717, 1.165) is 37.9 Å². The minimum atomic E-state index is -4.51. The van der Waals surface area contributed by atoms with Gasteiger partial charge in [-0.25, -0.2) is 9.97 Å². The van der Waals surface area contributed by atoms with Crippen LogP contribution in [0.5, 0.6) is 0 Å². The lowest BCUT2D eigenvalue weighted by Gasteiger charge is -2.42. The maximum atomic E-state index is 13.8. The number of nitrogens with one attached hydrogen (secondary N) is 1. The van der Waals surface area contributed by atoms with Crippen LogP contribution in [0.15, 0.2) is 12.3 Å². The molecule has 196 valence electrons. The van der Waals surface area contributed by atoms with Gasteiger partial charge < -0.3 is 24.6 Å². The molecule has 35 heavy (non-hydrogen) atoms. The summed E-state index contributed by atoms with van der Waals surface area (Å²) in [6.45, 7) is 7.20. The zero-order chi connectivity index (χ0) is 25.2. The van der Waals surface area contributed by atoms with Gasteiger partial charge in [0, 0.05) is 58.2 Å². The Morgan fingerprint density at radius 1 is 1.26 bits per heavy atom. The van der Waals surface area contributed by atoms with Crippen molar-refractivity contribution >= 4 is 11.9 Å². The number of nitrogens with zero attached hydrogens (tertiary/aromatic N) is 4. The van der Waals surface area contributed by atoms with E-state index in [1.54, 1.807) is 12.0 Å². The van der Waals surface area contributed by atoms with Crippen LogP contribution in [0.25, 0.3) is 0 Å². The van der Waals surface area contributed by atoms with Crippen LogP contribution < -0.4 is 10.2 Å². The summed E-state index contributed by atoms with van der Waals surface area (Å²) < 4.78 is 50.2. The van der Waals surface area contributed by atoms with Crippen LogP contribution in [0.3, 0.4) is 0 Å². The van der Waals surface area contributed by atoms with Crippen molar-refractivity contribution in [3.8, 4) is 0 Å². The highest BCUT2D eigenvalue weighted by molar-refractivity contribution is 5.83. The molecule has 3 fully saturated rings. The molecule has 4 atom stereocenters. The van der Waals surface area contributed by atoms with Gasteiger partial charge in [-0.3, -0.25) is 4.79 Å². The van der Waals surface area contributed by atoms with Crippen molar-refractivity contribution in [2.45, 2.75) is 63.9 Å². The number of halogens is 3. The summed E-state index contributed by atoms with van der Waals surface area (Å²) in [5.74, 6) is 0.385. The van der Waals surface area contributed by atoms with E-state index in [0.29, 0.717) is 39.4 Å². The van der Waals surface area contributed by atoms with Gasteiger partial charge in [-0.2, -0.15) is 13.2 Å². The highest BCUT2D eigenvalue weighted by Gasteiger charge is 2.50. The van der Waals surface area contributed by atoms with Crippen molar-refractivity contribution in [3.05, 3.63) is 18.0 Å². The third-order valence-corrected chi connectivity index (χ3v) is 7.92. The van der Waals surface area contributed by atoms with E-state index < -0.39 is 17.3 Å². The van der Waals surface area contributed by atoms with Crippen LogP contribution in [0.1, 0.15) is 45.2 Å². The fourth-order valence-electron chi connectivity index (χ4n) is 5.70. The molecule has 8 nitrogen and oxygen atoms in total. The molecule has 1 N–H and O–H groups in total. The molecule has 1 aliphatic carbocycles. The van der Waals surface area contributed by atoms with Gasteiger partial charge in [-0.05, 0) is 37.7 Å². The number of anilines is 1. The van der Waals surface area contributed by atoms with Crippen molar-refractivity contribution < 1.29 is 27.4 Å². The first-order valence-electron chi connectivity index (χ1n) is 12.4. The van der Waals surface area contributed by atoms with E-state index in [9.17, 15) is 18.0 Å². The van der Waals surface area contributed by atoms with E-state index >= 15 is 0 Å². The fourth-order valence-corrected chi connectivity index (χ4v) is 5.70. The van der Waals surface area contributed by atoms with Crippen molar-refractivity contribution in [2.24, 2.45) is 11.3 Å². The summed E-state index contributed by atoms with van der Waals surface area (Å²) in [7, 11) is 1.70. The Morgan fingerprint density at radius 2 is 2.00 bits per heavy atom. The molecule has 2 unspecified atom stereocenters. The molecule has 3 heterocycles. The molecule has 11 heteroatoms. The first-order valence-corrected chi connectivity index (χ1v) is 12.4. The molecule has 2 saturated heterocycles. The number of amides is 1. The number of aromatic nitrogens is 2. The van der Waals surface area contributed by atoms with E-state index in [4.69, 9.17) is 9.47 Å². The maximum Gasteiger partial charge on any atom is 0.433 e. The van der Waals surface area contributed by atoms with E-state index in [1.165, 1.54) is 0 Å². The molecule has 0 aromatic carbocycles. The minimum absolute atomic E-state index is 0.0136. The molecule has 0 spiro atoms. The van der Waals surface area contributed by atoms with Crippen LogP contribution in [-0.4, -0.2) is 85.5 Å². The number of hydrogen-bond acceptors (Lipinski definition) is 7. The number of piperazine rings is 1. The van der Waals surface area contributed by atoms with Gasteiger partial charge in [-0.1, -0.05) is 13.8 Å². The average Bonchev–Trinajstić information content (AvgIpc) is 3.29. The average molecular weight is 500 g/mol. The smallest absolute Gasteiger partial charge is 0.379 e. The molecule has 3 aliphatic rings. The standard InChI is InChI=1S/C24H36F3N5O3/c1-16(2)23(7-4-17(14-23)29-18-6-13-35-15-19(18)34-3)21(33)31-9-11-32(12-10-31)22-28-8-5-20(30-22)24(25,26)27/h5,8,16-19,29H,4,6-7,9-15H2,1-3H3/t17-,18?,19-,23?/m1/s1. The monoisotopic (exact) mass is 499 g/mol. The van der Waals surface area contributed by atoms with Crippen LogP contribution in [0.4, 0.5) is 19.1 Å². The molecule has 1 amide bonds. The molecular weight excluding hydrogens is 463 g/mol. The second kappa shape index (κ2) is 10.6. The molecule has 2 aliphatic heterocycles. The molecule has 4 rings (SSSR count). The Kier molecular flexibility index (Phi) is 7.87. The van der Waals surface area contributed by atoms with Gasteiger partial charge in [0.25, 0.3) is 0 Å². The lowest BCUT2D eigenvalue weighted by atomic mass is 9.74. The number of carbonyl (C=O) groups is 1. The number of methoxy groups -OCH3 is 1. The van der Waals surface area contributed by atoms with Crippen LogP contribution in [0.2, 0.25) is 0 Å². The summed E-state index contributed by atoms with van der Waals surface area (Å²) in [6, 6.07) is 1.32. The number of ether oxygens (including phenoxy) is 2. The van der Waals surface area contributed by atoms with E-state index in [1.807, 2.05) is 4.90 Å². The Balaban J connectivity index is 1.38. The largest absolute Gasteiger partial charge is 0.433 e. The lowest BCUT2D eigenvalue weighted by molar-refractivity contribution is -0.145. The summed E-state index contributed by atoms with van der Waals surface area (Å²) in [5.41, 5.74) is -1.40. The van der Waals surface area contributed by atoms with Gasteiger partial charge in [0.05, 0.1) is 18.1 Å². The molecule has 0 bridgehead atoms. The van der Waals surface area contributed by atoms with Gasteiger partial charge >= 0.3 is 6.18 Å². The van der Waals surface area contributed by atoms with Crippen molar-refractivity contribution in [1.82, 2.24) is 20.2 Å². The van der Waals surface area contributed by atoms with Crippen molar-refractivity contribution in [1.29, 1.82) is 0 Å². The van der Waals surface area contributed by atoms with Gasteiger partial charge in [-0.15, -0.1) is 0 Å². The van der Waals surface area contributed by atoms with Crippen LogP contribution >= 0.6 is 0 Å². The number of alkyl halides is 3. The number of hydrogen-bond donors (Lipinski definition) is 1. The quantitative estimate of drug-likeness (QED) is 0.645. The zero-order valence-electron chi connectivity index (χ0n) is 20.7. The SMILES string of the molecule is CO[C@@H]1COCCC1N[C@@H]1CCC(C(=O)N2CCN(c3nccc(C(F)(F)F)n3)CC2)(C(C)C)C1. The molecule has 1 aromatic heterocycles. The lowest BCUT2D eigenvalue weighted by Crippen LogP contribution is -2.55. The third kappa shape index (κ3) is 5.56. The van der Waals surface area contributed by atoms with E-state index in [-0.39, 0.29) is 36.0 Å². The van der Waals surface area contributed by atoms with E-state index in [2.05, 4.69) is 29.1 Å². The highest BCUT2D eigenvalue weighted by atomic mass is 19.4. The highest BCUT2D eigenvalue weighted by Crippen LogP contribution is 2.46. The maximum absolute atomic E-state index is 13.8. The summed E-state index contributed by atoms with van der Waals surface area (Å²) in [5, 5.41) is 3.74. The first-order chi connectivity index (χ1) is 16.6. The Morgan fingerprint density at radius 3 is 2.66 bits per heavy atom. The van der Waals surface area contributed by atoms with Crippen molar-refractivity contribution in [3.63, 3.8) is 0 Å². The van der Waals surface area contributed by atoms with Gasteiger partial charge in [0.2, 0.25) is 11.9 Å². The third-order valence-electron chi connectivity index (χ3n) is 7.92. The number of rotatable bonds is 6. The van der Waals surface area contributed by atoms with Crippen LogP contribution in [0, 0.1) is 11.3 Å². The normalized spacial score (nSPS) is 30.2. The molecule has 1 aromatic rings. The second-order valence-corrected chi connectivity index (χ2v) is 10.2. The summed E-state index contributed by atoms with van der Waals surface area (Å²) in [4.78, 5) is 25.1. The van der Waals surface area contributed by atoms with Gasteiger partial charge in [0.1, 0.15) is 5.69 Å². The van der Waals surface area contributed by atoms with Crippen molar-refractivity contribution in [2.75, 3.05) is 51.4 Å². The zero-order valence-corrected chi connectivity index (χ0v) is 20.7. The summed E-state index contributed by atoms with van der Waals surface area (Å²) >= 11 is 0. The topological polar surface area (TPSA) is 79.8 Å². The Hall–Kier alpha value is -1.98. The predicted molar refractivity (Wildman–Crippen MR) is 124 cm³/mol. The second-order valence-electron chi connectivity index (χ2n) is 10.2. The predicted octanol–water partition coefficient (Wildman–Crippen LogP) is 2.73.